The number of hydrogen-bond donors (Lipinski definition) is 1. The molecule has 1 heterocycles. The third kappa shape index (κ3) is 2.51. The van der Waals surface area contributed by atoms with E-state index in [0.717, 1.165) is 11.1 Å². The SMILES string of the molecule is COc1ccccc1-c1nocc1CCC(=O)O. The molecule has 94 valence electrons. The maximum absolute atomic E-state index is 10.6. The predicted molar refractivity (Wildman–Crippen MR) is 64.4 cm³/mol. The van der Waals surface area contributed by atoms with Gasteiger partial charge in [0.05, 0.1) is 7.11 Å². The van der Waals surface area contributed by atoms with Gasteiger partial charge in [0, 0.05) is 17.5 Å². The van der Waals surface area contributed by atoms with E-state index in [1.54, 1.807) is 7.11 Å². The van der Waals surface area contributed by atoms with E-state index in [9.17, 15) is 4.79 Å². The second-order valence-corrected chi connectivity index (χ2v) is 3.78. The molecule has 1 aromatic carbocycles. The molecule has 2 aromatic rings. The number of methoxy groups -OCH3 is 1. The zero-order valence-electron chi connectivity index (χ0n) is 9.92. The minimum absolute atomic E-state index is 0.0450. The second-order valence-electron chi connectivity index (χ2n) is 3.78. The van der Waals surface area contributed by atoms with Crippen molar-refractivity contribution in [2.45, 2.75) is 12.8 Å². The van der Waals surface area contributed by atoms with Crippen molar-refractivity contribution in [2.24, 2.45) is 0 Å². The van der Waals surface area contributed by atoms with Crippen LogP contribution in [0.3, 0.4) is 0 Å². The van der Waals surface area contributed by atoms with Gasteiger partial charge in [-0.1, -0.05) is 17.3 Å². The molecule has 0 spiro atoms. The Morgan fingerprint density at radius 1 is 1.44 bits per heavy atom. The molecule has 0 atom stereocenters. The Kier molecular flexibility index (Phi) is 3.62. The number of aryl methyl sites for hydroxylation is 1. The topological polar surface area (TPSA) is 72.6 Å². The lowest BCUT2D eigenvalue weighted by molar-refractivity contribution is -0.136. The Labute approximate surface area is 104 Å². The third-order valence-electron chi connectivity index (χ3n) is 2.61. The summed E-state index contributed by atoms with van der Waals surface area (Å²) in [6.45, 7) is 0. The van der Waals surface area contributed by atoms with E-state index in [-0.39, 0.29) is 6.42 Å². The largest absolute Gasteiger partial charge is 0.496 e. The van der Waals surface area contributed by atoms with Gasteiger partial charge in [0.2, 0.25) is 0 Å². The minimum Gasteiger partial charge on any atom is -0.496 e. The monoisotopic (exact) mass is 247 g/mol. The molecule has 18 heavy (non-hydrogen) atoms. The number of ether oxygens (including phenoxy) is 1. The molecule has 0 radical (unpaired) electrons. The highest BCUT2D eigenvalue weighted by Gasteiger charge is 2.14. The van der Waals surface area contributed by atoms with Crippen molar-refractivity contribution < 1.29 is 19.2 Å². The predicted octanol–water partition coefficient (Wildman–Crippen LogP) is 2.37. The van der Waals surface area contributed by atoms with E-state index in [1.165, 1.54) is 6.26 Å². The molecule has 0 aliphatic heterocycles. The van der Waals surface area contributed by atoms with Gasteiger partial charge in [-0.2, -0.15) is 0 Å². The van der Waals surface area contributed by atoms with Gasteiger partial charge in [-0.3, -0.25) is 4.79 Å². The molecule has 0 unspecified atom stereocenters. The molecule has 0 saturated heterocycles. The molecule has 5 heteroatoms. The maximum Gasteiger partial charge on any atom is 0.303 e. The maximum atomic E-state index is 10.6. The Balaban J connectivity index is 2.33. The van der Waals surface area contributed by atoms with Crippen molar-refractivity contribution in [3.05, 3.63) is 36.1 Å². The zero-order valence-corrected chi connectivity index (χ0v) is 9.92. The molecule has 2 rings (SSSR count). The lowest BCUT2D eigenvalue weighted by Gasteiger charge is -2.06. The number of para-hydroxylation sites is 1. The van der Waals surface area contributed by atoms with Crippen molar-refractivity contribution in [3.63, 3.8) is 0 Å². The molecular weight excluding hydrogens is 234 g/mol. The van der Waals surface area contributed by atoms with Gasteiger partial charge in [-0.05, 0) is 18.6 Å². The summed E-state index contributed by atoms with van der Waals surface area (Å²) in [4.78, 5) is 10.6. The Hall–Kier alpha value is -2.30. The van der Waals surface area contributed by atoms with Gasteiger partial charge in [0.25, 0.3) is 0 Å². The molecule has 0 saturated carbocycles. The lowest BCUT2D eigenvalue weighted by atomic mass is 10.0. The van der Waals surface area contributed by atoms with E-state index in [1.807, 2.05) is 24.3 Å². The molecular formula is C13H13NO4. The van der Waals surface area contributed by atoms with Gasteiger partial charge >= 0.3 is 5.97 Å². The normalized spacial score (nSPS) is 10.3. The first-order valence-electron chi connectivity index (χ1n) is 5.51. The first-order chi connectivity index (χ1) is 8.72. The Morgan fingerprint density at radius 2 is 2.22 bits per heavy atom. The van der Waals surface area contributed by atoms with Crippen LogP contribution < -0.4 is 4.74 Å². The van der Waals surface area contributed by atoms with Crippen LogP contribution in [0.2, 0.25) is 0 Å². The van der Waals surface area contributed by atoms with Crippen LogP contribution in [0.15, 0.2) is 35.1 Å². The van der Waals surface area contributed by atoms with E-state index in [2.05, 4.69) is 5.16 Å². The van der Waals surface area contributed by atoms with E-state index in [0.29, 0.717) is 17.9 Å². The third-order valence-corrected chi connectivity index (χ3v) is 2.61. The van der Waals surface area contributed by atoms with Crippen LogP contribution in [0.1, 0.15) is 12.0 Å². The summed E-state index contributed by atoms with van der Waals surface area (Å²) in [5.41, 5.74) is 2.20. The van der Waals surface area contributed by atoms with Crippen LogP contribution in [0.5, 0.6) is 5.75 Å². The lowest BCUT2D eigenvalue weighted by Crippen LogP contribution is -1.98. The summed E-state index contributed by atoms with van der Waals surface area (Å²) in [7, 11) is 1.58. The number of aromatic nitrogens is 1. The zero-order chi connectivity index (χ0) is 13.0. The van der Waals surface area contributed by atoms with Crippen molar-refractivity contribution >= 4 is 5.97 Å². The standard InChI is InChI=1S/C13H13NO4/c1-17-11-5-3-2-4-10(11)13-9(8-18-14-13)6-7-12(15)16/h2-5,8H,6-7H2,1H3,(H,15,16). The summed E-state index contributed by atoms with van der Waals surface area (Å²) < 4.78 is 10.2. The molecule has 0 fully saturated rings. The molecule has 5 nitrogen and oxygen atoms in total. The van der Waals surface area contributed by atoms with Crippen LogP contribution in [-0.4, -0.2) is 23.3 Å². The number of rotatable bonds is 5. The fourth-order valence-electron chi connectivity index (χ4n) is 1.74. The van der Waals surface area contributed by atoms with Crippen LogP contribution in [0, 0.1) is 0 Å². The Morgan fingerprint density at radius 3 is 2.94 bits per heavy atom. The quantitative estimate of drug-likeness (QED) is 0.878. The van der Waals surface area contributed by atoms with Crippen molar-refractivity contribution in [1.82, 2.24) is 5.16 Å². The van der Waals surface area contributed by atoms with Gasteiger partial charge in [-0.25, -0.2) is 0 Å². The van der Waals surface area contributed by atoms with Gasteiger partial charge in [0.15, 0.2) is 0 Å². The molecule has 0 amide bonds. The average Bonchev–Trinajstić information content (AvgIpc) is 2.84. The smallest absolute Gasteiger partial charge is 0.303 e. The van der Waals surface area contributed by atoms with E-state index in [4.69, 9.17) is 14.4 Å². The fourth-order valence-corrected chi connectivity index (χ4v) is 1.74. The number of carboxylic acids is 1. The van der Waals surface area contributed by atoms with Crippen LogP contribution in [-0.2, 0) is 11.2 Å². The van der Waals surface area contributed by atoms with Crippen LogP contribution in [0.25, 0.3) is 11.3 Å². The molecule has 0 aliphatic rings. The van der Waals surface area contributed by atoms with Gasteiger partial charge in [-0.15, -0.1) is 0 Å². The van der Waals surface area contributed by atoms with Crippen molar-refractivity contribution in [3.8, 4) is 17.0 Å². The molecule has 1 aromatic heterocycles. The molecule has 0 bridgehead atoms. The molecule has 1 N–H and O–H groups in total. The van der Waals surface area contributed by atoms with Crippen LogP contribution in [0.4, 0.5) is 0 Å². The van der Waals surface area contributed by atoms with E-state index < -0.39 is 5.97 Å². The second kappa shape index (κ2) is 5.35. The highest BCUT2D eigenvalue weighted by molar-refractivity contribution is 5.71. The van der Waals surface area contributed by atoms with Gasteiger partial charge in [0.1, 0.15) is 17.7 Å². The minimum atomic E-state index is -0.845. The average molecular weight is 247 g/mol. The van der Waals surface area contributed by atoms with Crippen LogP contribution >= 0.6 is 0 Å². The summed E-state index contributed by atoms with van der Waals surface area (Å²) >= 11 is 0. The summed E-state index contributed by atoms with van der Waals surface area (Å²) in [6.07, 6.45) is 1.90. The highest BCUT2D eigenvalue weighted by atomic mass is 16.5. The number of hydrogen-bond acceptors (Lipinski definition) is 4. The number of carbonyl (C=O) groups is 1. The number of aliphatic carboxylic acids is 1. The van der Waals surface area contributed by atoms with Crippen molar-refractivity contribution in [2.75, 3.05) is 7.11 Å². The number of carboxylic acid groups (broad SMARTS) is 1. The first kappa shape index (κ1) is 12.2. The molecule has 0 aliphatic carbocycles. The summed E-state index contributed by atoms with van der Waals surface area (Å²) in [5, 5.41) is 12.6. The Bertz CT molecular complexity index is 547. The fraction of sp³-hybridized carbons (Fsp3) is 0.231. The first-order valence-corrected chi connectivity index (χ1v) is 5.51. The van der Waals surface area contributed by atoms with Crippen molar-refractivity contribution in [1.29, 1.82) is 0 Å². The summed E-state index contributed by atoms with van der Waals surface area (Å²) in [5.74, 6) is -0.162. The number of nitrogens with zero attached hydrogens (tertiary/aromatic N) is 1. The summed E-state index contributed by atoms with van der Waals surface area (Å²) in [6, 6.07) is 7.42. The van der Waals surface area contributed by atoms with Gasteiger partial charge < -0.3 is 14.4 Å². The highest BCUT2D eigenvalue weighted by Crippen LogP contribution is 2.31. The number of benzene rings is 1. The van der Waals surface area contributed by atoms with E-state index >= 15 is 0 Å².